The van der Waals surface area contributed by atoms with Gasteiger partial charge in [0.25, 0.3) is 0 Å². The third kappa shape index (κ3) is 5.43. The summed E-state index contributed by atoms with van der Waals surface area (Å²) < 4.78 is 11.0. The Bertz CT molecular complexity index is 1490. The Kier molecular flexibility index (Phi) is 7.36. The number of cyclic esters (lactones) is 1. The molecule has 8 heteroatoms. The number of ether oxygens (including phenoxy) is 1. The molecule has 1 N–H and O–H groups in total. The van der Waals surface area contributed by atoms with Gasteiger partial charge in [-0.25, -0.2) is 9.78 Å². The van der Waals surface area contributed by atoms with Crippen molar-refractivity contribution >= 4 is 17.7 Å². The number of aromatic nitrogens is 3. The lowest BCUT2D eigenvalue weighted by molar-refractivity contribution is 0.177. The summed E-state index contributed by atoms with van der Waals surface area (Å²) in [6, 6.07) is 16.8. The lowest BCUT2D eigenvalue weighted by Crippen LogP contribution is -2.37. The third-order valence-electron chi connectivity index (χ3n) is 7.43. The van der Waals surface area contributed by atoms with Crippen molar-refractivity contribution in [3.05, 3.63) is 77.7 Å². The molecule has 8 nitrogen and oxygen atoms in total. The minimum atomic E-state index is -0.382. The molecule has 0 radical (unpaired) electrons. The van der Waals surface area contributed by atoms with E-state index in [2.05, 4.69) is 117 Å². The normalized spacial score (nSPS) is 16.4. The van der Waals surface area contributed by atoms with Crippen LogP contribution in [0.25, 0.3) is 22.5 Å². The van der Waals surface area contributed by atoms with Gasteiger partial charge in [0.05, 0.1) is 24.1 Å². The fourth-order valence-electron chi connectivity index (χ4n) is 5.12. The van der Waals surface area contributed by atoms with E-state index in [1.807, 2.05) is 0 Å². The standard InChI is InChI=1S/C32H37N5O3/c1-19(2)26-18-39-31(38)37(26)28-17-33-16-27(35-28)34-21(4)22-8-10-23(11-9-22)24-12-14-25(15-13-24)29-20(3)30(36-40-29)32(5,6)7/h8-17,19,21,26H,18H2,1-7H3,(H,34,35)/t21-,26+/m0/s1. The van der Waals surface area contributed by atoms with Crippen molar-refractivity contribution in [2.24, 2.45) is 5.92 Å². The van der Waals surface area contributed by atoms with Gasteiger partial charge in [0.1, 0.15) is 12.4 Å². The molecule has 1 saturated heterocycles. The first-order chi connectivity index (χ1) is 19.0. The Hall–Kier alpha value is -4.20. The molecule has 2 aromatic carbocycles. The molecule has 0 unspecified atom stereocenters. The molecule has 4 aromatic rings. The Morgan fingerprint density at radius 1 is 0.950 bits per heavy atom. The molecule has 2 atom stereocenters. The highest BCUT2D eigenvalue weighted by molar-refractivity contribution is 5.89. The lowest BCUT2D eigenvalue weighted by Gasteiger charge is -2.23. The van der Waals surface area contributed by atoms with Crippen LogP contribution in [0.2, 0.25) is 0 Å². The van der Waals surface area contributed by atoms with E-state index in [9.17, 15) is 4.79 Å². The average molecular weight is 540 g/mol. The van der Waals surface area contributed by atoms with Gasteiger partial charge in [0.15, 0.2) is 11.6 Å². The largest absolute Gasteiger partial charge is 0.447 e. The molecule has 2 aromatic heterocycles. The number of hydrogen-bond donors (Lipinski definition) is 1. The number of hydrogen-bond acceptors (Lipinski definition) is 7. The Morgan fingerprint density at radius 2 is 1.57 bits per heavy atom. The first-order valence-corrected chi connectivity index (χ1v) is 13.7. The minimum Gasteiger partial charge on any atom is -0.447 e. The number of amides is 1. The van der Waals surface area contributed by atoms with Crippen molar-refractivity contribution < 1.29 is 14.1 Å². The predicted molar refractivity (Wildman–Crippen MR) is 157 cm³/mol. The van der Waals surface area contributed by atoms with Crippen molar-refractivity contribution in [1.29, 1.82) is 0 Å². The molecule has 208 valence electrons. The second-order valence-electron chi connectivity index (χ2n) is 11.8. The van der Waals surface area contributed by atoms with E-state index >= 15 is 0 Å². The zero-order chi connectivity index (χ0) is 28.6. The molecule has 1 amide bonds. The van der Waals surface area contributed by atoms with Crippen molar-refractivity contribution in [3.8, 4) is 22.5 Å². The van der Waals surface area contributed by atoms with Crippen LogP contribution in [0.1, 0.15) is 64.4 Å². The summed E-state index contributed by atoms with van der Waals surface area (Å²) >= 11 is 0. The van der Waals surface area contributed by atoms with E-state index in [1.165, 1.54) is 0 Å². The zero-order valence-electron chi connectivity index (χ0n) is 24.2. The third-order valence-corrected chi connectivity index (χ3v) is 7.43. The summed E-state index contributed by atoms with van der Waals surface area (Å²) in [5.41, 5.74) is 6.39. The van der Waals surface area contributed by atoms with Crippen molar-refractivity contribution in [3.63, 3.8) is 0 Å². The summed E-state index contributed by atoms with van der Waals surface area (Å²) in [6.07, 6.45) is 2.89. The maximum absolute atomic E-state index is 12.3. The summed E-state index contributed by atoms with van der Waals surface area (Å²) in [4.78, 5) is 22.9. The van der Waals surface area contributed by atoms with E-state index in [4.69, 9.17) is 9.26 Å². The number of carbonyl (C=O) groups excluding carboxylic acids is 1. The van der Waals surface area contributed by atoms with Crippen LogP contribution < -0.4 is 10.2 Å². The molecule has 3 heterocycles. The maximum Gasteiger partial charge on any atom is 0.415 e. The van der Waals surface area contributed by atoms with Gasteiger partial charge < -0.3 is 14.6 Å². The van der Waals surface area contributed by atoms with E-state index < -0.39 is 0 Å². The predicted octanol–water partition coefficient (Wildman–Crippen LogP) is 7.56. The Balaban J connectivity index is 1.28. The SMILES string of the molecule is Cc1c(C(C)(C)C)noc1-c1ccc(-c2ccc([C@H](C)Nc3cncc(N4C(=O)OC[C@@H]4C(C)C)n3)cc2)cc1. The number of anilines is 2. The molecule has 0 saturated carbocycles. The van der Waals surface area contributed by atoms with Gasteiger partial charge in [-0.05, 0) is 36.5 Å². The molecular formula is C32H37N5O3. The van der Waals surface area contributed by atoms with Gasteiger partial charge in [-0.1, -0.05) is 88.3 Å². The fraction of sp³-hybridized carbons (Fsp3) is 0.375. The molecule has 0 aliphatic carbocycles. The Labute approximate surface area is 235 Å². The van der Waals surface area contributed by atoms with Gasteiger partial charge in [0, 0.05) is 22.6 Å². The van der Waals surface area contributed by atoms with Gasteiger partial charge in [-0.15, -0.1) is 0 Å². The zero-order valence-corrected chi connectivity index (χ0v) is 24.2. The maximum atomic E-state index is 12.3. The smallest absolute Gasteiger partial charge is 0.415 e. The van der Waals surface area contributed by atoms with Crippen molar-refractivity contribution in [2.75, 3.05) is 16.8 Å². The highest BCUT2D eigenvalue weighted by Gasteiger charge is 2.37. The van der Waals surface area contributed by atoms with Crippen LogP contribution in [0.5, 0.6) is 0 Å². The number of nitrogens with zero attached hydrogens (tertiary/aromatic N) is 4. The van der Waals surface area contributed by atoms with Crippen molar-refractivity contribution in [1.82, 2.24) is 15.1 Å². The van der Waals surface area contributed by atoms with E-state index in [-0.39, 0.29) is 29.5 Å². The fourth-order valence-corrected chi connectivity index (χ4v) is 5.12. The summed E-state index contributed by atoms with van der Waals surface area (Å²) in [5, 5.41) is 7.74. The van der Waals surface area contributed by atoms with Crippen LogP contribution in [0.3, 0.4) is 0 Å². The van der Waals surface area contributed by atoms with Crippen LogP contribution in [0, 0.1) is 12.8 Å². The first kappa shape index (κ1) is 27.4. The number of benzene rings is 2. The second-order valence-corrected chi connectivity index (χ2v) is 11.8. The highest BCUT2D eigenvalue weighted by Crippen LogP contribution is 2.34. The molecule has 1 aliphatic heterocycles. The van der Waals surface area contributed by atoms with Crippen LogP contribution in [-0.2, 0) is 10.2 Å². The topological polar surface area (TPSA) is 93.4 Å². The monoisotopic (exact) mass is 539 g/mol. The molecule has 5 rings (SSSR count). The van der Waals surface area contributed by atoms with Crippen molar-refractivity contribution in [2.45, 2.75) is 66.0 Å². The van der Waals surface area contributed by atoms with E-state index in [0.29, 0.717) is 18.2 Å². The average Bonchev–Trinajstić information content (AvgIpc) is 3.51. The molecular weight excluding hydrogens is 502 g/mol. The van der Waals surface area contributed by atoms with Crippen LogP contribution in [-0.4, -0.2) is 33.9 Å². The summed E-state index contributed by atoms with van der Waals surface area (Å²) in [6.45, 7) is 15.1. The molecule has 0 spiro atoms. The number of rotatable bonds is 7. The molecule has 40 heavy (non-hydrogen) atoms. The minimum absolute atomic E-state index is 0.0150. The van der Waals surface area contributed by atoms with Crippen LogP contribution >= 0.6 is 0 Å². The summed E-state index contributed by atoms with van der Waals surface area (Å²) in [7, 11) is 0. The van der Waals surface area contributed by atoms with Gasteiger partial charge in [0.2, 0.25) is 0 Å². The number of nitrogens with one attached hydrogen (secondary N) is 1. The quantitative estimate of drug-likeness (QED) is 0.259. The Morgan fingerprint density at radius 3 is 2.17 bits per heavy atom. The van der Waals surface area contributed by atoms with E-state index in [0.717, 1.165) is 39.3 Å². The second kappa shape index (κ2) is 10.8. The molecule has 1 fully saturated rings. The van der Waals surface area contributed by atoms with Gasteiger partial charge >= 0.3 is 6.09 Å². The highest BCUT2D eigenvalue weighted by atomic mass is 16.6. The first-order valence-electron chi connectivity index (χ1n) is 13.7. The van der Waals surface area contributed by atoms with Crippen LogP contribution in [0.15, 0.2) is 65.4 Å². The van der Waals surface area contributed by atoms with E-state index in [1.54, 1.807) is 17.3 Å². The number of carbonyl (C=O) groups is 1. The molecule has 0 bridgehead atoms. The summed E-state index contributed by atoms with van der Waals surface area (Å²) in [5.74, 6) is 2.16. The van der Waals surface area contributed by atoms with Crippen LogP contribution in [0.4, 0.5) is 16.4 Å². The van der Waals surface area contributed by atoms with Gasteiger partial charge in [-0.2, -0.15) is 0 Å². The molecule has 1 aliphatic rings. The van der Waals surface area contributed by atoms with Gasteiger partial charge in [-0.3, -0.25) is 9.88 Å². The lowest BCUT2D eigenvalue weighted by atomic mass is 9.88.